The summed E-state index contributed by atoms with van der Waals surface area (Å²) in [6.07, 6.45) is -2.24. The van der Waals surface area contributed by atoms with Crippen molar-refractivity contribution in [2.45, 2.75) is 39.2 Å². The molecule has 0 unspecified atom stereocenters. The van der Waals surface area contributed by atoms with Crippen LogP contribution >= 0.6 is 0 Å². The Balaban J connectivity index is 3.21. The predicted molar refractivity (Wildman–Crippen MR) is 38.4 cm³/mol. The summed E-state index contributed by atoms with van der Waals surface area (Å²) >= 11 is 0. The first kappa shape index (κ1) is 9.82. The van der Waals surface area contributed by atoms with Crippen LogP contribution in [-0.4, -0.2) is 18.5 Å². The van der Waals surface area contributed by atoms with Crippen molar-refractivity contribution in [3.05, 3.63) is 0 Å². The van der Waals surface area contributed by atoms with Gasteiger partial charge in [0.2, 0.25) is 6.43 Å². The van der Waals surface area contributed by atoms with Gasteiger partial charge in [0.25, 0.3) is 0 Å². The van der Waals surface area contributed by atoms with E-state index in [1.54, 1.807) is 0 Å². The van der Waals surface area contributed by atoms with Crippen molar-refractivity contribution in [2.75, 3.05) is 6.54 Å². The lowest BCUT2D eigenvalue weighted by molar-refractivity contribution is 0.134. The monoisotopic (exact) mass is 151 g/mol. The highest BCUT2D eigenvalue weighted by Crippen LogP contribution is 2.01. The summed E-state index contributed by atoms with van der Waals surface area (Å²) in [6.45, 7) is 6.26. The molecule has 0 fully saturated rings. The van der Waals surface area contributed by atoms with Crippen molar-refractivity contribution in [3.8, 4) is 0 Å². The zero-order valence-electron chi connectivity index (χ0n) is 6.75. The Kier molecular flexibility index (Phi) is 3.79. The fourth-order valence-electron chi connectivity index (χ4n) is 0.556. The molecule has 0 amide bonds. The number of alkyl halides is 2. The van der Waals surface area contributed by atoms with Crippen LogP contribution in [0.2, 0.25) is 0 Å². The van der Waals surface area contributed by atoms with Crippen LogP contribution < -0.4 is 5.32 Å². The molecule has 0 aromatic carbocycles. The second kappa shape index (κ2) is 3.86. The molecule has 0 saturated heterocycles. The Morgan fingerprint density at radius 1 is 1.30 bits per heavy atom. The Morgan fingerprint density at radius 3 is 2.10 bits per heavy atom. The van der Waals surface area contributed by atoms with Crippen LogP contribution in [0.25, 0.3) is 0 Å². The molecule has 0 saturated carbocycles. The SMILES string of the molecule is CC(C)(C)NCCC(F)F. The zero-order chi connectivity index (χ0) is 8.20. The molecule has 0 aliphatic heterocycles. The minimum atomic E-state index is -2.19. The molecule has 0 aliphatic rings. The Morgan fingerprint density at radius 2 is 1.80 bits per heavy atom. The highest BCUT2D eigenvalue weighted by molar-refractivity contribution is 4.69. The van der Waals surface area contributed by atoms with Gasteiger partial charge in [-0.2, -0.15) is 0 Å². The average molecular weight is 151 g/mol. The molecule has 0 rings (SSSR count). The van der Waals surface area contributed by atoms with Gasteiger partial charge in [0.15, 0.2) is 0 Å². The second-order valence-electron chi connectivity index (χ2n) is 3.36. The third-order valence-electron chi connectivity index (χ3n) is 1.02. The van der Waals surface area contributed by atoms with E-state index in [0.29, 0.717) is 6.54 Å². The summed E-state index contributed by atoms with van der Waals surface area (Å²) < 4.78 is 23.1. The summed E-state index contributed by atoms with van der Waals surface area (Å²) in [5.41, 5.74) is -0.0467. The molecule has 0 aromatic heterocycles. The van der Waals surface area contributed by atoms with Crippen molar-refractivity contribution in [2.24, 2.45) is 0 Å². The lowest BCUT2D eigenvalue weighted by Crippen LogP contribution is -2.36. The van der Waals surface area contributed by atoms with Crippen molar-refractivity contribution in [1.29, 1.82) is 0 Å². The van der Waals surface area contributed by atoms with Gasteiger partial charge in [-0.25, -0.2) is 8.78 Å². The maximum Gasteiger partial charge on any atom is 0.239 e. The van der Waals surface area contributed by atoms with Crippen molar-refractivity contribution in [3.63, 3.8) is 0 Å². The number of nitrogens with one attached hydrogen (secondary N) is 1. The molecule has 0 heterocycles. The summed E-state index contributed by atoms with van der Waals surface area (Å²) in [6, 6.07) is 0. The first-order chi connectivity index (χ1) is 4.42. The number of rotatable bonds is 3. The molecule has 0 aliphatic carbocycles. The summed E-state index contributed by atoms with van der Waals surface area (Å²) in [4.78, 5) is 0. The van der Waals surface area contributed by atoms with Gasteiger partial charge in [0.1, 0.15) is 0 Å². The van der Waals surface area contributed by atoms with Crippen molar-refractivity contribution >= 4 is 0 Å². The molecule has 0 spiro atoms. The first-order valence-electron chi connectivity index (χ1n) is 3.45. The summed E-state index contributed by atoms with van der Waals surface area (Å²) in [5, 5.41) is 2.97. The molecule has 62 valence electrons. The topological polar surface area (TPSA) is 12.0 Å². The molecule has 0 aromatic rings. The molecular formula is C7H15F2N. The van der Waals surface area contributed by atoms with Gasteiger partial charge in [-0.05, 0) is 20.8 Å². The van der Waals surface area contributed by atoms with Crippen LogP contribution in [0.5, 0.6) is 0 Å². The minimum absolute atomic E-state index is 0.0467. The van der Waals surface area contributed by atoms with Gasteiger partial charge >= 0.3 is 0 Å². The molecule has 0 atom stereocenters. The fourth-order valence-corrected chi connectivity index (χ4v) is 0.556. The molecule has 0 radical (unpaired) electrons. The van der Waals surface area contributed by atoms with Gasteiger partial charge in [0.05, 0.1) is 0 Å². The lowest BCUT2D eigenvalue weighted by Gasteiger charge is -2.19. The van der Waals surface area contributed by atoms with E-state index in [1.165, 1.54) is 0 Å². The van der Waals surface area contributed by atoms with Crippen LogP contribution in [-0.2, 0) is 0 Å². The van der Waals surface area contributed by atoms with Gasteiger partial charge in [-0.15, -0.1) is 0 Å². The van der Waals surface area contributed by atoms with E-state index in [0.717, 1.165) is 0 Å². The highest BCUT2D eigenvalue weighted by Gasteiger charge is 2.09. The van der Waals surface area contributed by atoms with Crippen molar-refractivity contribution in [1.82, 2.24) is 5.32 Å². The molecule has 1 N–H and O–H groups in total. The summed E-state index contributed by atoms with van der Waals surface area (Å²) in [5.74, 6) is 0. The van der Waals surface area contributed by atoms with E-state index < -0.39 is 6.43 Å². The number of halogens is 2. The van der Waals surface area contributed by atoms with Gasteiger partial charge < -0.3 is 5.32 Å². The largest absolute Gasteiger partial charge is 0.312 e. The maximum atomic E-state index is 11.6. The molecule has 3 heteroatoms. The van der Waals surface area contributed by atoms with E-state index >= 15 is 0 Å². The number of hydrogen-bond donors (Lipinski definition) is 1. The second-order valence-corrected chi connectivity index (χ2v) is 3.36. The smallest absolute Gasteiger partial charge is 0.239 e. The standard InChI is InChI=1S/C7H15F2N/c1-7(2,3)10-5-4-6(8)9/h6,10H,4-5H2,1-3H3. The Bertz CT molecular complexity index is 86.1. The molecule has 1 nitrogen and oxygen atoms in total. The van der Waals surface area contributed by atoms with E-state index in [-0.39, 0.29) is 12.0 Å². The van der Waals surface area contributed by atoms with E-state index in [2.05, 4.69) is 5.32 Å². The Hall–Kier alpha value is -0.180. The molecule has 10 heavy (non-hydrogen) atoms. The van der Waals surface area contributed by atoms with Gasteiger partial charge in [0, 0.05) is 18.5 Å². The van der Waals surface area contributed by atoms with Crippen LogP contribution in [0.15, 0.2) is 0 Å². The van der Waals surface area contributed by atoms with Crippen molar-refractivity contribution < 1.29 is 8.78 Å². The van der Waals surface area contributed by atoms with Crippen LogP contribution in [0.4, 0.5) is 8.78 Å². The minimum Gasteiger partial charge on any atom is -0.312 e. The quantitative estimate of drug-likeness (QED) is 0.650. The van der Waals surface area contributed by atoms with Crippen LogP contribution in [0, 0.1) is 0 Å². The fraction of sp³-hybridized carbons (Fsp3) is 1.00. The van der Waals surface area contributed by atoms with E-state index in [4.69, 9.17) is 0 Å². The van der Waals surface area contributed by atoms with E-state index in [1.807, 2.05) is 20.8 Å². The third-order valence-corrected chi connectivity index (χ3v) is 1.02. The summed E-state index contributed by atoms with van der Waals surface area (Å²) in [7, 11) is 0. The molecule has 0 bridgehead atoms. The average Bonchev–Trinajstić information content (AvgIpc) is 1.59. The number of hydrogen-bond acceptors (Lipinski definition) is 1. The van der Waals surface area contributed by atoms with Gasteiger partial charge in [-0.3, -0.25) is 0 Å². The predicted octanol–water partition coefficient (Wildman–Crippen LogP) is 2.03. The lowest BCUT2D eigenvalue weighted by atomic mass is 10.1. The highest BCUT2D eigenvalue weighted by atomic mass is 19.3. The third kappa shape index (κ3) is 7.82. The van der Waals surface area contributed by atoms with Crippen LogP contribution in [0.3, 0.4) is 0 Å². The molecular weight excluding hydrogens is 136 g/mol. The van der Waals surface area contributed by atoms with Gasteiger partial charge in [-0.1, -0.05) is 0 Å². The van der Waals surface area contributed by atoms with Crippen LogP contribution in [0.1, 0.15) is 27.2 Å². The first-order valence-corrected chi connectivity index (χ1v) is 3.45. The zero-order valence-corrected chi connectivity index (χ0v) is 6.75. The maximum absolute atomic E-state index is 11.6. The van der Waals surface area contributed by atoms with E-state index in [9.17, 15) is 8.78 Å². The normalized spacial score (nSPS) is 12.6. The Labute approximate surface area is 60.8 Å².